The van der Waals surface area contributed by atoms with E-state index in [2.05, 4.69) is 206 Å². The second kappa shape index (κ2) is 12.0. The first kappa shape index (κ1) is 31.6. The van der Waals surface area contributed by atoms with Gasteiger partial charge >= 0.3 is 0 Å². The molecular weight excluding hydrogens is 697 g/mol. The Kier molecular flexibility index (Phi) is 6.54. The molecule has 0 heteroatoms. The number of hydrogen-bond donors (Lipinski definition) is 0. The summed E-state index contributed by atoms with van der Waals surface area (Å²) >= 11 is 0. The quantitative estimate of drug-likeness (QED) is 0.169. The Hall–Kier alpha value is -7.54. The SMILES string of the molecule is c1ccc(-c2c3c(c(-c4ccccc4)c4cc(-c5ccc6ccccc6c5)ccc24)-c2cccc4c(-c5ccc6c(c5)-c5cccc7cccc-6c57)ccc-3c24)cc1. The molecule has 0 saturated heterocycles. The van der Waals surface area contributed by atoms with Crippen LogP contribution >= 0.6 is 0 Å². The van der Waals surface area contributed by atoms with E-state index < -0.39 is 0 Å². The van der Waals surface area contributed by atoms with Crippen molar-refractivity contribution in [1.29, 1.82) is 0 Å². The second-order valence-electron chi connectivity index (χ2n) is 15.9. The van der Waals surface area contributed by atoms with E-state index in [0.717, 1.165) is 0 Å². The van der Waals surface area contributed by atoms with Gasteiger partial charge in [-0.1, -0.05) is 188 Å². The molecule has 2 aliphatic rings. The average Bonchev–Trinajstić information content (AvgIpc) is 3.80. The van der Waals surface area contributed by atoms with Gasteiger partial charge in [-0.25, -0.2) is 0 Å². The normalized spacial score (nSPS) is 12.1. The molecule has 0 amide bonds. The molecule has 0 unspecified atom stereocenters. The van der Waals surface area contributed by atoms with Crippen molar-refractivity contribution in [3.05, 3.63) is 206 Å². The lowest BCUT2D eigenvalue weighted by Gasteiger charge is -2.21. The summed E-state index contributed by atoms with van der Waals surface area (Å²) in [6, 6.07) is 77.1. The Morgan fingerprint density at radius 3 is 1.52 bits per heavy atom. The molecule has 0 radical (unpaired) electrons. The number of fused-ring (bicyclic) bond motifs is 8. The summed E-state index contributed by atoms with van der Waals surface area (Å²) in [5, 5.41) is 10.3. The van der Waals surface area contributed by atoms with Gasteiger partial charge in [0.05, 0.1) is 0 Å². The molecule has 11 aromatic carbocycles. The van der Waals surface area contributed by atoms with Crippen LogP contribution in [0.15, 0.2) is 206 Å². The minimum Gasteiger partial charge on any atom is -0.0622 e. The second-order valence-corrected chi connectivity index (χ2v) is 15.9. The first-order valence-corrected chi connectivity index (χ1v) is 20.3. The van der Waals surface area contributed by atoms with E-state index in [4.69, 9.17) is 0 Å². The van der Waals surface area contributed by atoms with Gasteiger partial charge in [0.1, 0.15) is 0 Å². The third-order valence-electron chi connectivity index (χ3n) is 12.9. The van der Waals surface area contributed by atoms with Crippen molar-refractivity contribution in [2.45, 2.75) is 0 Å². The highest BCUT2D eigenvalue weighted by Gasteiger charge is 2.32. The summed E-state index contributed by atoms with van der Waals surface area (Å²) in [5.74, 6) is 0. The summed E-state index contributed by atoms with van der Waals surface area (Å²) in [7, 11) is 0. The molecule has 0 aromatic heterocycles. The molecule has 0 atom stereocenters. The molecule has 266 valence electrons. The van der Waals surface area contributed by atoms with Gasteiger partial charge in [-0.15, -0.1) is 0 Å². The first-order valence-electron chi connectivity index (χ1n) is 20.3. The lowest BCUT2D eigenvalue weighted by Crippen LogP contribution is -1.94. The van der Waals surface area contributed by atoms with Crippen LogP contribution in [-0.2, 0) is 0 Å². The van der Waals surface area contributed by atoms with Crippen molar-refractivity contribution < 1.29 is 0 Å². The Bertz CT molecular complexity index is 3530. The van der Waals surface area contributed by atoms with Crippen molar-refractivity contribution in [3.8, 4) is 89.0 Å². The standard InChI is InChI=1S/C58H34/c1-3-13-37(14-4-1)54-48-29-26-41(40-25-24-35-12-7-8-17-39(35)32-40)33-52(48)55(38-15-5-2-6-16-38)57-49-23-11-22-45-43(30-31-50(56(45)49)58(54)57)42-27-28-44-46-20-9-18-36-19-10-21-47(53(36)46)51(44)34-42/h1-34H. The van der Waals surface area contributed by atoms with Gasteiger partial charge in [-0.3, -0.25) is 0 Å². The molecule has 13 rings (SSSR count). The van der Waals surface area contributed by atoms with Gasteiger partial charge in [0.15, 0.2) is 0 Å². The van der Waals surface area contributed by atoms with E-state index in [9.17, 15) is 0 Å². The summed E-state index contributed by atoms with van der Waals surface area (Å²) in [4.78, 5) is 0. The summed E-state index contributed by atoms with van der Waals surface area (Å²) in [5.41, 5.74) is 20.6. The van der Waals surface area contributed by atoms with Crippen molar-refractivity contribution in [2.24, 2.45) is 0 Å². The van der Waals surface area contributed by atoms with Crippen LogP contribution in [0.25, 0.3) is 132 Å². The zero-order valence-electron chi connectivity index (χ0n) is 31.6. The molecule has 0 saturated carbocycles. The lowest BCUT2D eigenvalue weighted by atomic mass is 9.81. The fraction of sp³-hybridized carbons (Fsp3) is 0. The molecule has 11 aromatic rings. The van der Waals surface area contributed by atoms with Gasteiger partial charge in [0.25, 0.3) is 0 Å². The largest absolute Gasteiger partial charge is 0.0622 e. The fourth-order valence-electron chi connectivity index (χ4n) is 10.4. The van der Waals surface area contributed by atoms with E-state index in [1.807, 2.05) is 0 Å². The van der Waals surface area contributed by atoms with Gasteiger partial charge < -0.3 is 0 Å². The van der Waals surface area contributed by atoms with Crippen molar-refractivity contribution in [1.82, 2.24) is 0 Å². The maximum absolute atomic E-state index is 2.45. The highest BCUT2D eigenvalue weighted by atomic mass is 14.3. The third kappa shape index (κ3) is 4.40. The van der Waals surface area contributed by atoms with Crippen LogP contribution < -0.4 is 0 Å². The van der Waals surface area contributed by atoms with Gasteiger partial charge in [0.2, 0.25) is 0 Å². The topological polar surface area (TPSA) is 0 Å². The van der Waals surface area contributed by atoms with E-state index in [0.29, 0.717) is 0 Å². The molecule has 58 heavy (non-hydrogen) atoms. The van der Waals surface area contributed by atoms with Crippen LogP contribution in [0, 0.1) is 0 Å². The van der Waals surface area contributed by atoms with Crippen LogP contribution in [0.2, 0.25) is 0 Å². The van der Waals surface area contributed by atoms with Gasteiger partial charge in [0, 0.05) is 0 Å². The average molecular weight is 731 g/mol. The van der Waals surface area contributed by atoms with Gasteiger partial charge in [-0.2, -0.15) is 0 Å². The van der Waals surface area contributed by atoms with E-state index >= 15 is 0 Å². The van der Waals surface area contributed by atoms with E-state index in [-0.39, 0.29) is 0 Å². The minimum absolute atomic E-state index is 1.22. The van der Waals surface area contributed by atoms with Gasteiger partial charge in [-0.05, 0) is 150 Å². The molecule has 0 nitrogen and oxygen atoms in total. The zero-order valence-corrected chi connectivity index (χ0v) is 31.6. The number of benzene rings is 11. The predicted molar refractivity (Wildman–Crippen MR) is 247 cm³/mol. The van der Waals surface area contributed by atoms with E-state index in [1.54, 1.807) is 0 Å². The Morgan fingerprint density at radius 1 is 0.190 bits per heavy atom. The molecule has 0 spiro atoms. The molecular formula is C58H34. The monoisotopic (exact) mass is 730 g/mol. The smallest absolute Gasteiger partial charge is 0.000741 e. The summed E-state index contributed by atoms with van der Waals surface area (Å²) in [6.45, 7) is 0. The van der Waals surface area contributed by atoms with Crippen molar-refractivity contribution in [3.63, 3.8) is 0 Å². The summed E-state index contributed by atoms with van der Waals surface area (Å²) < 4.78 is 0. The molecule has 0 heterocycles. The molecule has 0 bridgehead atoms. The highest BCUT2D eigenvalue weighted by molar-refractivity contribution is 6.29. The van der Waals surface area contributed by atoms with Crippen molar-refractivity contribution >= 4 is 43.1 Å². The number of hydrogen-bond acceptors (Lipinski definition) is 0. The van der Waals surface area contributed by atoms with Crippen LogP contribution in [0.5, 0.6) is 0 Å². The summed E-state index contributed by atoms with van der Waals surface area (Å²) in [6.07, 6.45) is 0. The lowest BCUT2D eigenvalue weighted by molar-refractivity contribution is 1.61. The van der Waals surface area contributed by atoms with Crippen molar-refractivity contribution in [2.75, 3.05) is 0 Å². The van der Waals surface area contributed by atoms with Crippen LogP contribution in [0.4, 0.5) is 0 Å². The molecule has 0 fully saturated rings. The Labute approximate surface area is 336 Å². The van der Waals surface area contributed by atoms with Crippen LogP contribution in [0.3, 0.4) is 0 Å². The predicted octanol–water partition coefficient (Wildman–Crippen LogP) is 16.3. The Balaban J connectivity index is 1.10. The highest BCUT2D eigenvalue weighted by Crippen LogP contribution is 2.59. The van der Waals surface area contributed by atoms with E-state index in [1.165, 1.54) is 132 Å². The molecule has 0 N–H and O–H groups in total. The maximum Gasteiger partial charge on any atom is -0.000741 e. The minimum atomic E-state index is 1.22. The first-order chi connectivity index (χ1) is 28.8. The van der Waals surface area contributed by atoms with Crippen LogP contribution in [-0.4, -0.2) is 0 Å². The Morgan fingerprint density at radius 2 is 0.741 bits per heavy atom. The maximum atomic E-state index is 2.45. The molecule has 0 aliphatic heterocycles. The molecule has 2 aliphatic carbocycles. The van der Waals surface area contributed by atoms with Crippen LogP contribution in [0.1, 0.15) is 0 Å². The fourth-order valence-corrected chi connectivity index (χ4v) is 10.4. The third-order valence-corrected chi connectivity index (χ3v) is 12.9. The number of rotatable bonds is 4. The zero-order chi connectivity index (χ0) is 37.9.